The molecule has 4 nitrogen and oxygen atoms in total. The average molecular weight is 299 g/mol. The predicted octanol–water partition coefficient (Wildman–Crippen LogP) is 1.88. The maximum absolute atomic E-state index is 5.94. The van der Waals surface area contributed by atoms with Gasteiger partial charge in [0.1, 0.15) is 5.16 Å². The zero-order chi connectivity index (χ0) is 13.7. The number of fused-ring (bicyclic) bond motifs is 1. The molecule has 0 saturated heterocycles. The van der Waals surface area contributed by atoms with E-state index in [1.165, 1.54) is 22.2 Å². The first kappa shape index (κ1) is 14.4. The number of nitrogens with two attached hydrogens (primary N) is 1. The highest BCUT2D eigenvalue weighted by Gasteiger charge is 2.17. The molecule has 1 aliphatic heterocycles. The number of likely N-dealkylation sites (N-methyl/N-ethyl adjacent to an activating group) is 1. The van der Waals surface area contributed by atoms with Crippen molar-refractivity contribution in [3.05, 3.63) is 44.9 Å². The van der Waals surface area contributed by atoms with E-state index in [-0.39, 0.29) is 0 Å². The van der Waals surface area contributed by atoms with Gasteiger partial charge in [-0.3, -0.25) is 0 Å². The van der Waals surface area contributed by atoms with Crippen LogP contribution in [0.4, 0.5) is 0 Å². The molecule has 0 saturated carbocycles. The zero-order valence-electron chi connectivity index (χ0n) is 10.9. The quantitative estimate of drug-likeness (QED) is 0.441. The van der Waals surface area contributed by atoms with Crippen molar-refractivity contribution in [1.29, 1.82) is 0 Å². The van der Waals surface area contributed by atoms with Crippen LogP contribution in [0.2, 0.25) is 0 Å². The van der Waals surface area contributed by atoms with Crippen molar-refractivity contribution in [1.82, 2.24) is 15.8 Å². The van der Waals surface area contributed by atoms with E-state index in [1.807, 2.05) is 11.3 Å². The van der Waals surface area contributed by atoms with Crippen LogP contribution in [0.5, 0.6) is 0 Å². The summed E-state index contributed by atoms with van der Waals surface area (Å²) in [5.41, 5.74) is 14.2. The summed E-state index contributed by atoms with van der Waals surface area (Å²) in [6.45, 7) is 2.97. The SMILES string of the molecule is CN1CCc2c(CNN/C(Cl)=C\C=C/N)csc2C1. The van der Waals surface area contributed by atoms with Crippen LogP contribution in [0.1, 0.15) is 16.0 Å². The van der Waals surface area contributed by atoms with Crippen LogP contribution in [0.25, 0.3) is 0 Å². The van der Waals surface area contributed by atoms with Crippen LogP contribution in [-0.4, -0.2) is 18.5 Å². The van der Waals surface area contributed by atoms with E-state index in [1.54, 1.807) is 12.2 Å². The van der Waals surface area contributed by atoms with Crippen molar-refractivity contribution < 1.29 is 0 Å². The van der Waals surface area contributed by atoms with Crippen LogP contribution in [0, 0.1) is 0 Å². The number of hydrogen-bond acceptors (Lipinski definition) is 5. The minimum Gasteiger partial charge on any atom is -0.405 e. The molecular formula is C13H19ClN4S. The summed E-state index contributed by atoms with van der Waals surface area (Å²) in [6, 6.07) is 0. The summed E-state index contributed by atoms with van der Waals surface area (Å²) in [6.07, 6.45) is 5.95. The highest BCUT2D eigenvalue weighted by molar-refractivity contribution is 7.10. The van der Waals surface area contributed by atoms with E-state index in [0.29, 0.717) is 5.16 Å². The minimum absolute atomic E-state index is 0.519. The first-order valence-electron chi connectivity index (χ1n) is 6.20. The Balaban J connectivity index is 1.87. The van der Waals surface area contributed by atoms with Gasteiger partial charge in [-0.25, -0.2) is 5.43 Å². The molecule has 104 valence electrons. The van der Waals surface area contributed by atoms with E-state index >= 15 is 0 Å². The van der Waals surface area contributed by atoms with Crippen LogP contribution in [-0.2, 0) is 19.5 Å². The Morgan fingerprint density at radius 1 is 1.63 bits per heavy atom. The molecule has 0 aliphatic carbocycles. The van der Waals surface area contributed by atoms with Gasteiger partial charge in [0.15, 0.2) is 0 Å². The average Bonchev–Trinajstić information content (AvgIpc) is 2.79. The molecule has 1 aliphatic rings. The molecule has 19 heavy (non-hydrogen) atoms. The van der Waals surface area contributed by atoms with Crippen LogP contribution < -0.4 is 16.6 Å². The summed E-state index contributed by atoms with van der Waals surface area (Å²) in [4.78, 5) is 3.84. The number of hydrogen-bond donors (Lipinski definition) is 3. The molecule has 0 unspecified atom stereocenters. The van der Waals surface area contributed by atoms with Gasteiger partial charge in [-0.05, 0) is 48.3 Å². The first-order chi connectivity index (χ1) is 9.20. The van der Waals surface area contributed by atoms with Crippen molar-refractivity contribution in [3.63, 3.8) is 0 Å². The third-order valence-electron chi connectivity index (χ3n) is 3.07. The Morgan fingerprint density at radius 2 is 2.47 bits per heavy atom. The summed E-state index contributed by atoms with van der Waals surface area (Å²) in [5.74, 6) is 0. The Labute approximate surface area is 122 Å². The summed E-state index contributed by atoms with van der Waals surface area (Å²) in [5, 5.41) is 2.75. The third kappa shape index (κ3) is 3.98. The van der Waals surface area contributed by atoms with Crippen LogP contribution in [0.15, 0.2) is 28.9 Å². The van der Waals surface area contributed by atoms with Gasteiger partial charge in [-0.1, -0.05) is 11.6 Å². The van der Waals surface area contributed by atoms with Gasteiger partial charge < -0.3 is 16.1 Å². The lowest BCUT2D eigenvalue weighted by Crippen LogP contribution is -2.30. The largest absolute Gasteiger partial charge is 0.405 e. The molecule has 0 spiro atoms. The van der Waals surface area contributed by atoms with Crippen molar-refractivity contribution >= 4 is 22.9 Å². The Morgan fingerprint density at radius 3 is 3.26 bits per heavy atom. The highest BCUT2D eigenvalue weighted by Crippen LogP contribution is 2.27. The third-order valence-corrected chi connectivity index (χ3v) is 4.35. The second-order valence-electron chi connectivity index (χ2n) is 4.53. The first-order valence-corrected chi connectivity index (χ1v) is 7.46. The Bertz CT molecular complexity index is 481. The number of thiophene rings is 1. The number of allylic oxidation sites excluding steroid dienone is 2. The number of hydrazine groups is 1. The van der Waals surface area contributed by atoms with Crippen molar-refractivity contribution in [2.24, 2.45) is 5.73 Å². The fraction of sp³-hybridized carbons (Fsp3) is 0.385. The lowest BCUT2D eigenvalue weighted by Gasteiger charge is -2.23. The molecule has 0 aromatic carbocycles. The second kappa shape index (κ2) is 6.96. The van der Waals surface area contributed by atoms with E-state index in [0.717, 1.165) is 26.1 Å². The molecule has 0 amide bonds. The smallest absolute Gasteiger partial charge is 0.116 e. The lowest BCUT2D eigenvalue weighted by molar-refractivity contribution is 0.316. The fourth-order valence-electron chi connectivity index (χ4n) is 2.08. The van der Waals surface area contributed by atoms with Gasteiger partial charge >= 0.3 is 0 Å². The highest BCUT2D eigenvalue weighted by atomic mass is 35.5. The molecule has 2 rings (SSSR count). The molecule has 0 radical (unpaired) electrons. The topological polar surface area (TPSA) is 53.3 Å². The van der Waals surface area contributed by atoms with Crippen molar-refractivity contribution in [3.8, 4) is 0 Å². The maximum Gasteiger partial charge on any atom is 0.116 e. The molecular weight excluding hydrogens is 280 g/mol. The molecule has 2 heterocycles. The van der Waals surface area contributed by atoms with Gasteiger partial charge in [0.2, 0.25) is 0 Å². The van der Waals surface area contributed by atoms with E-state index in [2.05, 4.69) is 28.2 Å². The van der Waals surface area contributed by atoms with E-state index in [9.17, 15) is 0 Å². The minimum atomic E-state index is 0.519. The number of rotatable bonds is 5. The number of nitrogens with one attached hydrogen (secondary N) is 2. The second-order valence-corrected chi connectivity index (χ2v) is 5.90. The molecule has 0 fully saturated rings. The fourth-order valence-corrected chi connectivity index (χ4v) is 3.40. The standard InChI is InChI=1S/C13H19ClN4S/c1-18-6-4-11-10(9-19-12(11)8-18)7-16-17-13(14)3-2-5-15/h2-3,5,9,16-17H,4,6-8,15H2,1H3/b5-2-,13-3-. The number of halogens is 1. The number of nitrogens with zero attached hydrogens (tertiary/aromatic N) is 1. The van der Waals surface area contributed by atoms with Gasteiger partial charge in [0, 0.05) is 24.5 Å². The molecule has 4 N–H and O–H groups in total. The Hall–Kier alpha value is -1.01. The molecule has 1 aromatic rings. The molecule has 0 bridgehead atoms. The van der Waals surface area contributed by atoms with E-state index < -0.39 is 0 Å². The van der Waals surface area contributed by atoms with Gasteiger partial charge in [-0.15, -0.1) is 11.3 Å². The zero-order valence-corrected chi connectivity index (χ0v) is 12.5. The summed E-state index contributed by atoms with van der Waals surface area (Å²) < 4.78 is 0. The van der Waals surface area contributed by atoms with E-state index in [4.69, 9.17) is 17.3 Å². The van der Waals surface area contributed by atoms with Crippen LogP contribution >= 0.6 is 22.9 Å². The lowest BCUT2D eigenvalue weighted by atomic mass is 10.0. The van der Waals surface area contributed by atoms with Gasteiger partial charge in [0.25, 0.3) is 0 Å². The monoisotopic (exact) mass is 298 g/mol. The Kier molecular flexibility index (Phi) is 5.27. The predicted molar refractivity (Wildman–Crippen MR) is 81.6 cm³/mol. The van der Waals surface area contributed by atoms with Crippen molar-refractivity contribution in [2.75, 3.05) is 13.6 Å². The van der Waals surface area contributed by atoms with Gasteiger partial charge in [0.05, 0.1) is 0 Å². The van der Waals surface area contributed by atoms with Gasteiger partial charge in [-0.2, -0.15) is 0 Å². The summed E-state index contributed by atoms with van der Waals surface area (Å²) in [7, 11) is 2.16. The summed E-state index contributed by atoms with van der Waals surface area (Å²) >= 11 is 7.78. The molecule has 6 heteroatoms. The molecule has 0 atom stereocenters. The maximum atomic E-state index is 5.94. The van der Waals surface area contributed by atoms with Crippen molar-refractivity contribution in [2.45, 2.75) is 19.5 Å². The molecule has 1 aromatic heterocycles. The normalized spacial score (nSPS) is 16.8. The van der Waals surface area contributed by atoms with Crippen LogP contribution in [0.3, 0.4) is 0 Å².